The van der Waals surface area contributed by atoms with E-state index >= 15 is 0 Å². The van der Waals surface area contributed by atoms with E-state index in [9.17, 15) is 9.59 Å². The molecule has 4 nitrogen and oxygen atoms in total. The number of hydrogen-bond acceptors (Lipinski definition) is 2. The Kier molecular flexibility index (Phi) is 23.2. The largest absolute Gasteiger partial charge is 0.356 e. The van der Waals surface area contributed by atoms with Crippen LogP contribution in [0.1, 0.15) is 149 Å². The Morgan fingerprint density at radius 1 is 0.588 bits per heavy atom. The van der Waals surface area contributed by atoms with Crippen LogP contribution in [-0.4, -0.2) is 49.9 Å². The average Bonchev–Trinajstić information content (AvgIpc) is 2.77. The van der Waals surface area contributed by atoms with Crippen LogP contribution in [0.4, 0.5) is 0 Å². The number of likely N-dealkylation sites (N-methyl/N-ethyl adjacent to an activating group) is 1. The number of Topliss-reactive ketones (excluding diaryl/α,β-unsaturated/α-hetero) is 1. The molecule has 0 aliphatic heterocycles. The minimum absolute atomic E-state index is 0.184. The third-order valence-electron chi connectivity index (χ3n) is 6.92. The van der Waals surface area contributed by atoms with Gasteiger partial charge in [-0.25, -0.2) is 0 Å². The lowest BCUT2D eigenvalue weighted by Crippen LogP contribution is -2.44. The Morgan fingerprint density at radius 2 is 0.971 bits per heavy atom. The fourth-order valence-electron chi connectivity index (χ4n) is 4.87. The maximum atomic E-state index is 12.0. The summed E-state index contributed by atoms with van der Waals surface area (Å²) >= 11 is 0. The van der Waals surface area contributed by atoms with Gasteiger partial charge in [-0.05, 0) is 6.42 Å². The Hall–Kier alpha value is -0.900. The van der Waals surface area contributed by atoms with Crippen LogP contribution in [0, 0.1) is 0 Å². The van der Waals surface area contributed by atoms with Crippen LogP contribution >= 0.6 is 0 Å². The highest BCUT2D eigenvalue weighted by molar-refractivity contribution is 5.76. The summed E-state index contributed by atoms with van der Waals surface area (Å²) in [4.78, 5) is 23.2. The lowest BCUT2D eigenvalue weighted by molar-refractivity contribution is -0.882. The normalized spacial score (nSPS) is 11.6. The Bertz CT molecular complexity index is 476. The standard InChI is InChI=1S/C30H60N2O2/c1-5-6-7-8-9-10-11-12-13-14-15-16-17-18-19-20-21-22-23-25-30(34)31-26-24-27-32(3,4)28-29(2)33/h5-28H2,1-4H3/p+1. The summed E-state index contributed by atoms with van der Waals surface area (Å²) in [6.07, 6.45) is 27.7. The van der Waals surface area contributed by atoms with Crippen LogP contribution in [-0.2, 0) is 9.59 Å². The maximum Gasteiger partial charge on any atom is 0.219 e. The van der Waals surface area contributed by atoms with E-state index < -0.39 is 0 Å². The molecule has 0 bridgehead atoms. The monoisotopic (exact) mass is 481 g/mol. The van der Waals surface area contributed by atoms with Crippen molar-refractivity contribution in [1.29, 1.82) is 0 Å². The summed E-state index contributed by atoms with van der Waals surface area (Å²) < 4.78 is 0.699. The SMILES string of the molecule is CCCCCCCCCCCCCCCCCCCCCC(=O)NCCC[N+](C)(C)CC(C)=O. The van der Waals surface area contributed by atoms with Gasteiger partial charge in [-0.1, -0.05) is 122 Å². The molecule has 0 aromatic carbocycles. The number of unbranched alkanes of at least 4 members (excludes halogenated alkanes) is 18. The zero-order chi connectivity index (χ0) is 25.3. The molecule has 4 heteroatoms. The van der Waals surface area contributed by atoms with Gasteiger partial charge in [-0.3, -0.25) is 9.59 Å². The van der Waals surface area contributed by atoms with Crippen LogP contribution in [0.5, 0.6) is 0 Å². The van der Waals surface area contributed by atoms with Gasteiger partial charge >= 0.3 is 0 Å². The fraction of sp³-hybridized carbons (Fsp3) is 0.933. The molecule has 1 N–H and O–H groups in total. The van der Waals surface area contributed by atoms with Gasteiger partial charge < -0.3 is 9.80 Å². The zero-order valence-electron chi connectivity index (χ0n) is 23.7. The van der Waals surface area contributed by atoms with Crippen molar-refractivity contribution in [3.8, 4) is 0 Å². The highest BCUT2D eigenvalue weighted by atomic mass is 16.1. The summed E-state index contributed by atoms with van der Waals surface area (Å²) in [6.45, 7) is 6.13. The predicted molar refractivity (Wildman–Crippen MR) is 148 cm³/mol. The first-order valence-electron chi connectivity index (χ1n) is 15.0. The van der Waals surface area contributed by atoms with Gasteiger partial charge in [0, 0.05) is 26.3 Å². The molecule has 0 saturated heterocycles. The third-order valence-corrected chi connectivity index (χ3v) is 6.92. The highest BCUT2D eigenvalue weighted by Crippen LogP contribution is 2.14. The molecular formula is C30H61N2O2+. The molecule has 0 aromatic heterocycles. The minimum Gasteiger partial charge on any atom is -0.356 e. The third kappa shape index (κ3) is 25.7. The fourth-order valence-corrected chi connectivity index (χ4v) is 4.87. The van der Waals surface area contributed by atoms with Crippen molar-refractivity contribution in [3.63, 3.8) is 0 Å². The van der Waals surface area contributed by atoms with Crippen LogP contribution in [0.15, 0.2) is 0 Å². The summed E-state index contributed by atoms with van der Waals surface area (Å²) in [6, 6.07) is 0. The molecule has 34 heavy (non-hydrogen) atoms. The summed E-state index contributed by atoms with van der Waals surface area (Å²) in [5, 5.41) is 3.03. The number of amides is 1. The van der Waals surface area contributed by atoms with Gasteiger partial charge in [0.05, 0.1) is 20.6 Å². The first kappa shape index (κ1) is 33.1. The van der Waals surface area contributed by atoms with E-state index in [0.29, 0.717) is 17.4 Å². The van der Waals surface area contributed by atoms with Gasteiger partial charge in [-0.2, -0.15) is 0 Å². The number of carbonyl (C=O) groups is 2. The lowest BCUT2D eigenvalue weighted by atomic mass is 10.0. The number of nitrogens with zero attached hydrogens (tertiary/aromatic N) is 1. The van der Waals surface area contributed by atoms with Crippen molar-refractivity contribution in [2.75, 3.05) is 33.7 Å². The Morgan fingerprint density at radius 3 is 1.35 bits per heavy atom. The van der Waals surface area contributed by atoms with E-state index in [2.05, 4.69) is 26.3 Å². The number of carbonyl (C=O) groups excluding carboxylic acids is 2. The molecule has 0 unspecified atom stereocenters. The van der Waals surface area contributed by atoms with E-state index in [4.69, 9.17) is 0 Å². The van der Waals surface area contributed by atoms with Crippen LogP contribution in [0.2, 0.25) is 0 Å². The van der Waals surface area contributed by atoms with E-state index in [0.717, 1.165) is 25.9 Å². The molecule has 1 amide bonds. The van der Waals surface area contributed by atoms with Crippen molar-refractivity contribution in [1.82, 2.24) is 5.32 Å². The zero-order valence-corrected chi connectivity index (χ0v) is 23.7. The van der Waals surface area contributed by atoms with Gasteiger partial charge in [0.15, 0.2) is 5.78 Å². The first-order valence-corrected chi connectivity index (χ1v) is 15.0. The molecule has 0 rings (SSSR count). The molecule has 0 heterocycles. The Balaban J connectivity index is 3.26. The molecule has 0 radical (unpaired) electrons. The van der Waals surface area contributed by atoms with Crippen LogP contribution in [0.3, 0.4) is 0 Å². The average molecular weight is 482 g/mol. The van der Waals surface area contributed by atoms with Crippen LogP contribution in [0.25, 0.3) is 0 Å². The second-order valence-corrected chi connectivity index (χ2v) is 11.3. The number of ketones is 1. The molecule has 0 aliphatic rings. The van der Waals surface area contributed by atoms with Crippen molar-refractivity contribution in [2.24, 2.45) is 0 Å². The number of rotatable bonds is 26. The molecular weight excluding hydrogens is 420 g/mol. The second-order valence-electron chi connectivity index (χ2n) is 11.3. The second kappa shape index (κ2) is 23.8. The first-order chi connectivity index (χ1) is 16.4. The molecule has 202 valence electrons. The van der Waals surface area contributed by atoms with Crippen LogP contribution < -0.4 is 5.32 Å². The predicted octanol–water partition coefficient (Wildman–Crippen LogP) is 7.98. The maximum absolute atomic E-state index is 12.0. The van der Waals surface area contributed by atoms with Crippen molar-refractivity contribution < 1.29 is 14.1 Å². The summed E-state index contributed by atoms with van der Waals surface area (Å²) in [5.74, 6) is 0.405. The molecule has 0 saturated carbocycles. The van der Waals surface area contributed by atoms with E-state index in [1.165, 1.54) is 116 Å². The van der Waals surface area contributed by atoms with Gasteiger partial charge in [-0.15, -0.1) is 0 Å². The van der Waals surface area contributed by atoms with Gasteiger partial charge in [0.25, 0.3) is 0 Å². The number of nitrogens with one attached hydrogen (secondary N) is 1. The van der Waals surface area contributed by atoms with E-state index in [1.54, 1.807) is 6.92 Å². The lowest BCUT2D eigenvalue weighted by Gasteiger charge is -2.28. The van der Waals surface area contributed by atoms with Gasteiger partial charge in [0.1, 0.15) is 6.54 Å². The molecule has 0 fully saturated rings. The molecule has 0 aromatic rings. The minimum atomic E-state index is 0.184. The molecule has 0 spiro atoms. The van der Waals surface area contributed by atoms with Crippen molar-refractivity contribution in [2.45, 2.75) is 149 Å². The van der Waals surface area contributed by atoms with Crippen molar-refractivity contribution >= 4 is 11.7 Å². The smallest absolute Gasteiger partial charge is 0.219 e. The number of quaternary nitrogens is 1. The van der Waals surface area contributed by atoms with Crippen molar-refractivity contribution in [3.05, 3.63) is 0 Å². The summed E-state index contributed by atoms with van der Waals surface area (Å²) in [5.41, 5.74) is 0. The highest BCUT2D eigenvalue weighted by Gasteiger charge is 2.16. The topological polar surface area (TPSA) is 46.2 Å². The Labute approximate surface area is 213 Å². The van der Waals surface area contributed by atoms with Gasteiger partial charge in [0.2, 0.25) is 5.91 Å². The van der Waals surface area contributed by atoms with E-state index in [1.807, 2.05) is 0 Å². The van der Waals surface area contributed by atoms with E-state index in [-0.39, 0.29) is 11.7 Å². The summed E-state index contributed by atoms with van der Waals surface area (Å²) in [7, 11) is 4.14. The quantitative estimate of drug-likeness (QED) is 0.100. The molecule has 0 aliphatic carbocycles. The molecule has 0 atom stereocenters. The number of hydrogen-bond donors (Lipinski definition) is 1.